The fraction of sp³-hybridized carbons (Fsp3) is 0. The first-order valence-corrected chi connectivity index (χ1v) is 6.79. The van der Waals surface area contributed by atoms with Crippen LogP contribution < -0.4 is 0 Å². The van der Waals surface area contributed by atoms with E-state index in [1.165, 1.54) is 0 Å². The van der Waals surface area contributed by atoms with E-state index in [4.69, 9.17) is 0 Å². The molecule has 0 fully saturated rings. The van der Waals surface area contributed by atoms with Gasteiger partial charge in [0, 0.05) is 0 Å². The molecule has 0 N–H and O–H groups in total. The van der Waals surface area contributed by atoms with Crippen LogP contribution in [0.5, 0.6) is 0 Å². The number of rotatable bonds is 0. The standard InChI is InChI=1S/3C7H7.Er/c3*1-7-5-3-2-4-6-7;/h3*2-6H,1H2;/q3*-1;+3. The second-order valence-electron chi connectivity index (χ2n) is 4.46. The molecule has 117 valence electrons. The van der Waals surface area contributed by atoms with Gasteiger partial charge in [0.1, 0.15) is 0 Å². The molecule has 0 unspecified atom stereocenters. The van der Waals surface area contributed by atoms with E-state index in [9.17, 15) is 0 Å². The Balaban J connectivity index is 0.000000294. The first-order valence-electron chi connectivity index (χ1n) is 6.79. The summed E-state index contributed by atoms with van der Waals surface area (Å²) in [5.74, 6) is 0. The van der Waals surface area contributed by atoms with Crippen LogP contribution in [0.1, 0.15) is 16.7 Å². The van der Waals surface area contributed by atoms with Crippen molar-refractivity contribution in [3.05, 3.63) is 128 Å². The van der Waals surface area contributed by atoms with Gasteiger partial charge in [0.25, 0.3) is 0 Å². The molecule has 3 aromatic rings. The minimum atomic E-state index is 0. The molecule has 0 bridgehead atoms. The molecule has 0 nitrogen and oxygen atoms in total. The summed E-state index contributed by atoms with van der Waals surface area (Å²) >= 11 is 0. The third kappa shape index (κ3) is 11.2. The molecule has 0 aliphatic carbocycles. The van der Waals surface area contributed by atoms with Gasteiger partial charge in [-0.25, -0.2) is 0 Å². The van der Waals surface area contributed by atoms with Crippen molar-refractivity contribution < 1.29 is 37.3 Å². The van der Waals surface area contributed by atoms with Gasteiger partial charge in [-0.05, 0) is 0 Å². The molecule has 0 aliphatic heterocycles. The second-order valence-corrected chi connectivity index (χ2v) is 4.46. The van der Waals surface area contributed by atoms with E-state index in [-0.39, 0.29) is 37.3 Å². The van der Waals surface area contributed by atoms with Gasteiger partial charge in [-0.15, -0.1) is 36.4 Å². The van der Waals surface area contributed by atoms with Crippen LogP contribution in [-0.2, 0) is 0 Å². The van der Waals surface area contributed by atoms with E-state index >= 15 is 0 Å². The fourth-order valence-corrected chi connectivity index (χ4v) is 1.43. The van der Waals surface area contributed by atoms with Gasteiger partial charge >= 0.3 is 37.3 Å². The predicted molar refractivity (Wildman–Crippen MR) is 92.7 cm³/mol. The smallest absolute Gasteiger partial charge is 0.199 e. The average Bonchev–Trinajstić information content (AvgIpc) is 2.51. The summed E-state index contributed by atoms with van der Waals surface area (Å²) in [5, 5.41) is 0. The van der Waals surface area contributed by atoms with E-state index in [1.54, 1.807) is 0 Å². The Morgan fingerprint density at radius 3 is 0.636 bits per heavy atom. The van der Waals surface area contributed by atoms with Crippen molar-refractivity contribution in [2.75, 3.05) is 0 Å². The van der Waals surface area contributed by atoms with Gasteiger partial charge in [-0.1, -0.05) is 18.2 Å². The van der Waals surface area contributed by atoms with Crippen molar-refractivity contribution in [1.29, 1.82) is 0 Å². The molecule has 0 amide bonds. The zero-order valence-electron chi connectivity index (χ0n) is 12.6. The van der Waals surface area contributed by atoms with Crippen molar-refractivity contribution in [3.63, 3.8) is 0 Å². The minimum absolute atomic E-state index is 0. The largest absolute Gasteiger partial charge is 3.00 e. The summed E-state index contributed by atoms with van der Waals surface area (Å²) in [5.41, 5.74) is 3.22. The Hall–Kier alpha value is -1.48. The van der Waals surface area contributed by atoms with E-state index in [0.29, 0.717) is 0 Å². The molecule has 22 heavy (non-hydrogen) atoms. The zero-order chi connectivity index (χ0) is 15.3. The van der Waals surface area contributed by atoms with Gasteiger partial charge in [0.15, 0.2) is 0 Å². The molecule has 0 spiro atoms. The monoisotopic (exact) mass is 439 g/mol. The molecule has 1 heteroatoms. The van der Waals surface area contributed by atoms with Gasteiger partial charge in [-0.2, -0.15) is 73.9 Å². The van der Waals surface area contributed by atoms with Crippen LogP contribution in [0.2, 0.25) is 0 Å². The van der Waals surface area contributed by atoms with Gasteiger partial charge in [0.05, 0.1) is 0 Å². The van der Waals surface area contributed by atoms with E-state index < -0.39 is 0 Å². The van der Waals surface area contributed by atoms with E-state index in [1.807, 2.05) is 91.0 Å². The van der Waals surface area contributed by atoms with Crippen LogP contribution in [0.3, 0.4) is 0 Å². The number of hydrogen-bond acceptors (Lipinski definition) is 0. The molecular formula is C21H21Er. The molecule has 1 radical (unpaired) electrons. The van der Waals surface area contributed by atoms with E-state index in [0.717, 1.165) is 16.7 Å². The van der Waals surface area contributed by atoms with Crippen LogP contribution in [-0.4, -0.2) is 0 Å². The maximum absolute atomic E-state index is 3.72. The summed E-state index contributed by atoms with van der Waals surface area (Å²) in [6.07, 6.45) is 0. The van der Waals surface area contributed by atoms with Crippen LogP contribution >= 0.6 is 0 Å². The Kier molecular flexibility index (Phi) is 12.3. The van der Waals surface area contributed by atoms with Gasteiger partial charge < -0.3 is 0 Å². The SMILES string of the molecule is [CH2-]c1ccccc1.[CH2-]c1ccccc1.[CH2-]c1ccccc1.[Er+3]. The van der Waals surface area contributed by atoms with Gasteiger partial charge in [0.2, 0.25) is 0 Å². The normalized spacial score (nSPS) is 8.18. The molecule has 0 saturated heterocycles. The molecular weight excluding hydrogens is 419 g/mol. The summed E-state index contributed by atoms with van der Waals surface area (Å²) in [6, 6.07) is 29.6. The predicted octanol–water partition coefficient (Wildman–Crippen LogP) is 5.61. The van der Waals surface area contributed by atoms with Crippen molar-refractivity contribution >= 4 is 0 Å². The molecule has 0 heterocycles. The molecule has 0 saturated carbocycles. The quantitative estimate of drug-likeness (QED) is 0.399. The van der Waals surface area contributed by atoms with Crippen LogP contribution in [0.15, 0.2) is 91.0 Å². The maximum atomic E-state index is 3.72. The van der Waals surface area contributed by atoms with Crippen molar-refractivity contribution in [3.8, 4) is 0 Å². The topological polar surface area (TPSA) is 0 Å². The first kappa shape index (κ1) is 20.5. The first-order chi connectivity index (χ1) is 10.2. The fourth-order valence-electron chi connectivity index (χ4n) is 1.43. The van der Waals surface area contributed by atoms with Crippen LogP contribution in [0.25, 0.3) is 0 Å². The average molecular weight is 441 g/mol. The molecule has 3 rings (SSSR count). The Bertz CT molecular complexity index is 485. The van der Waals surface area contributed by atoms with Crippen molar-refractivity contribution in [2.24, 2.45) is 0 Å². The minimum Gasteiger partial charge on any atom is -0.199 e. The van der Waals surface area contributed by atoms with Crippen LogP contribution in [0, 0.1) is 58.1 Å². The summed E-state index contributed by atoms with van der Waals surface area (Å²) in [7, 11) is 0. The number of benzene rings is 3. The molecule has 0 aliphatic rings. The second kappa shape index (κ2) is 13.2. The Morgan fingerprint density at radius 2 is 0.545 bits per heavy atom. The van der Waals surface area contributed by atoms with Gasteiger partial charge in [-0.3, -0.25) is 0 Å². The van der Waals surface area contributed by atoms with Crippen molar-refractivity contribution in [2.45, 2.75) is 0 Å². The summed E-state index contributed by atoms with van der Waals surface area (Å²) in [4.78, 5) is 0. The zero-order valence-corrected chi connectivity index (χ0v) is 14.4. The number of hydrogen-bond donors (Lipinski definition) is 0. The van der Waals surface area contributed by atoms with E-state index in [2.05, 4.69) is 20.8 Å². The molecule has 0 atom stereocenters. The molecule has 3 aromatic carbocycles. The Labute approximate surface area is 164 Å². The summed E-state index contributed by atoms with van der Waals surface area (Å²) in [6.45, 7) is 11.2. The molecule has 0 aromatic heterocycles. The van der Waals surface area contributed by atoms with Crippen LogP contribution in [0.4, 0.5) is 0 Å². The Morgan fingerprint density at radius 1 is 0.364 bits per heavy atom. The van der Waals surface area contributed by atoms with Crippen molar-refractivity contribution in [1.82, 2.24) is 0 Å². The third-order valence-corrected chi connectivity index (χ3v) is 2.53. The maximum Gasteiger partial charge on any atom is 3.00 e. The summed E-state index contributed by atoms with van der Waals surface area (Å²) < 4.78 is 0. The third-order valence-electron chi connectivity index (χ3n) is 2.53.